The van der Waals surface area contributed by atoms with Crippen LogP contribution in [0.3, 0.4) is 0 Å². The maximum atomic E-state index is 11.7. The van der Waals surface area contributed by atoms with Crippen LogP contribution in [-0.2, 0) is 20.6 Å². The molecule has 0 atom stereocenters. The van der Waals surface area contributed by atoms with Gasteiger partial charge in [0.15, 0.2) is 0 Å². The maximum absolute atomic E-state index is 11.7. The minimum atomic E-state index is -0.737. The molecule has 19 heavy (non-hydrogen) atoms. The van der Waals surface area contributed by atoms with Crippen molar-refractivity contribution in [3.8, 4) is 0 Å². The molecule has 0 fully saturated rings. The molecule has 0 radical (unpaired) electrons. The molecule has 2 N–H and O–H groups in total. The molecule has 1 aromatic rings. The van der Waals surface area contributed by atoms with Crippen LogP contribution in [0, 0.1) is 0 Å². The fraction of sp³-hybridized carbons (Fsp3) is 0.692. The van der Waals surface area contributed by atoms with Gasteiger partial charge in [-0.2, -0.15) is 0 Å². The van der Waals surface area contributed by atoms with Crippen molar-refractivity contribution in [3.63, 3.8) is 0 Å². The van der Waals surface area contributed by atoms with E-state index in [9.17, 15) is 14.7 Å². The molecule has 1 rings (SSSR count). The minimum Gasteiger partial charge on any atom is -0.389 e. The Morgan fingerprint density at radius 2 is 1.79 bits per heavy atom. The highest BCUT2D eigenvalue weighted by molar-refractivity contribution is 5.02. The first-order valence-corrected chi connectivity index (χ1v) is 6.53. The van der Waals surface area contributed by atoms with Gasteiger partial charge < -0.3 is 10.4 Å². The Morgan fingerprint density at radius 1 is 1.21 bits per heavy atom. The summed E-state index contributed by atoms with van der Waals surface area (Å²) < 4.78 is 2.50. The highest BCUT2D eigenvalue weighted by Gasteiger charge is 2.21. The number of hydrogen-bond donors (Lipinski definition) is 2. The van der Waals surface area contributed by atoms with E-state index < -0.39 is 5.60 Å². The lowest BCUT2D eigenvalue weighted by Crippen LogP contribution is -2.42. The second-order valence-corrected chi connectivity index (χ2v) is 4.91. The topological polar surface area (TPSA) is 76.3 Å². The van der Waals surface area contributed by atoms with Crippen LogP contribution in [0.1, 0.15) is 32.4 Å². The van der Waals surface area contributed by atoms with Gasteiger partial charge in [-0.1, -0.05) is 13.8 Å². The molecular formula is C13H23N3O3. The van der Waals surface area contributed by atoms with Gasteiger partial charge >= 0.3 is 5.69 Å². The Hall–Kier alpha value is -1.40. The van der Waals surface area contributed by atoms with Gasteiger partial charge in [0, 0.05) is 38.9 Å². The average molecular weight is 269 g/mol. The predicted octanol–water partition coefficient (Wildman–Crippen LogP) is -0.275. The van der Waals surface area contributed by atoms with Crippen molar-refractivity contribution in [1.29, 1.82) is 0 Å². The summed E-state index contributed by atoms with van der Waals surface area (Å²) in [5.74, 6) is 0. The van der Waals surface area contributed by atoms with Crippen LogP contribution < -0.4 is 16.6 Å². The molecule has 0 aromatic carbocycles. The van der Waals surface area contributed by atoms with Crippen molar-refractivity contribution in [2.75, 3.05) is 6.54 Å². The van der Waals surface area contributed by atoms with E-state index in [1.807, 2.05) is 13.8 Å². The summed E-state index contributed by atoms with van der Waals surface area (Å²) in [5, 5.41) is 13.2. The van der Waals surface area contributed by atoms with E-state index in [4.69, 9.17) is 0 Å². The summed E-state index contributed by atoms with van der Waals surface area (Å²) in [7, 11) is 3.08. The molecule has 1 heterocycles. The number of nitrogens with one attached hydrogen (secondary N) is 1. The molecule has 0 amide bonds. The van der Waals surface area contributed by atoms with Gasteiger partial charge in [-0.25, -0.2) is 4.79 Å². The lowest BCUT2D eigenvalue weighted by Gasteiger charge is -2.25. The zero-order chi connectivity index (χ0) is 14.6. The Bertz CT molecular complexity index is 541. The minimum absolute atomic E-state index is 0.318. The summed E-state index contributed by atoms with van der Waals surface area (Å²) >= 11 is 0. The lowest BCUT2D eigenvalue weighted by molar-refractivity contribution is 0.0321. The van der Waals surface area contributed by atoms with Gasteiger partial charge in [-0.15, -0.1) is 0 Å². The molecular weight excluding hydrogens is 246 g/mol. The number of hydrogen-bond acceptors (Lipinski definition) is 4. The highest BCUT2D eigenvalue weighted by atomic mass is 16.3. The van der Waals surface area contributed by atoms with E-state index in [0.717, 1.165) is 4.57 Å². The normalized spacial score (nSPS) is 11.8. The van der Waals surface area contributed by atoms with Crippen LogP contribution >= 0.6 is 0 Å². The standard InChI is InChI=1S/C13H23N3O3/c1-5-13(19,6-2)9-14-8-10-7-11(17)16(4)12(18)15(10)3/h7,14,19H,5-6,8-9H2,1-4H3. The van der Waals surface area contributed by atoms with Gasteiger partial charge in [0.05, 0.1) is 5.60 Å². The quantitative estimate of drug-likeness (QED) is 0.745. The smallest absolute Gasteiger partial charge is 0.330 e. The molecule has 0 saturated heterocycles. The van der Waals surface area contributed by atoms with Gasteiger partial charge in [0.25, 0.3) is 5.56 Å². The second-order valence-electron chi connectivity index (χ2n) is 4.91. The number of aromatic nitrogens is 2. The van der Waals surface area contributed by atoms with E-state index in [0.29, 0.717) is 31.6 Å². The predicted molar refractivity (Wildman–Crippen MR) is 74.2 cm³/mol. The van der Waals surface area contributed by atoms with Crippen molar-refractivity contribution < 1.29 is 5.11 Å². The van der Waals surface area contributed by atoms with Crippen LogP contribution in [-0.4, -0.2) is 26.4 Å². The van der Waals surface area contributed by atoms with Crippen molar-refractivity contribution in [2.24, 2.45) is 14.1 Å². The maximum Gasteiger partial charge on any atom is 0.330 e. The van der Waals surface area contributed by atoms with Crippen LogP contribution in [0.5, 0.6) is 0 Å². The van der Waals surface area contributed by atoms with E-state index in [1.165, 1.54) is 17.7 Å². The van der Waals surface area contributed by atoms with Gasteiger partial charge in [-0.05, 0) is 12.8 Å². The van der Waals surface area contributed by atoms with Gasteiger partial charge in [-0.3, -0.25) is 13.9 Å². The molecule has 0 spiro atoms. The SMILES string of the molecule is CCC(O)(CC)CNCc1cc(=O)n(C)c(=O)n1C. The molecule has 108 valence electrons. The summed E-state index contributed by atoms with van der Waals surface area (Å²) in [4.78, 5) is 23.3. The summed E-state index contributed by atoms with van der Waals surface area (Å²) in [6.07, 6.45) is 1.32. The first kappa shape index (κ1) is 15.7. The van der Waals surface area contributed by atoms with E-state index >= 15 is 0 Å². The summed E-state index contributed by atoms with van der Waals surface area (Å²) in [6.45, 7) is 4.67. The lowest BCUT2D eigenvalue weighted by atomic mass is 9.98. The molecule has 0 aliphatic carbocycles. The number of nitrogens with zero attached hydrogens (tertiary/aromatic N) is 2. The van der Waals surface area contributed by atoms with Crippen LogP contribution in [0.2, 0.25) is 0 Å². The van der Waals surface area contributed by atoms with E-state index in [1.54, 1.807) is 7.05 Å². The van der Waals surface area contributed by atoms with Crippen LogP contribution in [0.25, 0.3) is 0 Å². The monoisotopic (exact) mass is 269 g/mol. The summed E-state index contributed by atoms with van der Waals surface area (Å²) in [5.41, 5.74) is -0.784. The zero-order valence-electron chi connectivity index (χ0n) is 12.1. The van der Waals surface area contributed by atoms with E-state index in [-0.39, 0.29) is 11.2 Å². The first-order valence-electron chi connectivity index (χ1n) is 6.53. The summed E-state index contributed by atoms with van der Waals surface area (Å²) in [6, 6.07) is 1.44. The second kappa shape index (κ2) is 6.16. The molecule has 1 aromatic heterocycles. The Labute approximate surface area is 112 Å². The van der Waals surface area contributed by atoms with Crippen molar-refractivity contribution in [1.82, 2.24) is 14.5 Å². The molecule has 0 unspecified atom stereocenters. The fourth-order valence-electron chi connectivity index (χ4n) is 1.87. The van der Waals surface area contributed by atoms with Gasteiger partial charge in [0.1, 0.15) is 0 Å². The first-order chi connectivity index (χ1) is 8.84. The third kappa shape index (κ3) is 3.54. The average Bonchev–Trinajstić information content (AvgIpc) is 2.41. The molecule has 0 bridgehead atoms. The number of rotatable bonds is 6. The molecule has 0 aliphatic rings. The molecule has 0 aliphatic heterocycles. The molecule has 6 nitrogen and oxygen atoms in total. The Morgan fingerprint density at radius 3 is 2.32 bits per heavy atom. The Balaban J connectivity index is 2.80. The van der Waals surface area contributed by atoms with Crippen LogP contribution in [0.4, 0.5) is 0 Å². The molecule has 6 heteroatoms. The number of aliphatic hydroxyl groups is 1. The molecule has 0 saturated carbocycles. The third-order valence-corrected chi connectivity index (χ3v) is 3.70. The van der Waals surface area contributed by atoms with Gasteiger partial charge in [0.2, 0.25) is 0 Å². The Kier molecular flexibility index (Phi) is 5.08. The highest BCUT2D eigenvalue weighted by Crippen LogP contribution is 2.12. The van der Waals surface area contributed by atoms with Crippen molar-refractivity contribution in [2.45, 2.75) is 38.8 Å². The van der Waals surface area contributed by atoms with Crippen molar-refractivity contribution in [3.05, 3.63) is 32.6 Å². The largest absolute Gasteiger partial charge is 0.389 e. The zero-order valence-corrected chi connectivity index (χ0v) is 12.1. The van der Waals surface area contributed by atoms with Crippen LogP contribution in [0.15, 0.2) is 15.7 Å². The fourth-order valence-corrected chi connectivity index (χ4v) is 1.87. The van der Waals surface area contributed by atoms with E-state index in [2.05, 4.69) is 5.32 Å². The third-order valence-electron chi connectivity index (χ3n) is 3.70. The van der Waals surface area contributed by atoms with Crippen molar-refractivity contribution >= 4 is 0 Å².